The highest BCUT2D eigenvalue weighted by molar-refractivity contribution is 6.31. The van der Waals surface area contributed by atoms with E-state index in [1.165, 1.54) is 10.1 Å². The fourth-order valence-corrected chi connectivity index (χ4v) is 6.70. The van der Waals surface area contributed by atoms with Gasteiger partial charge in [0, 0.05) is 67.8 Å². The molecule has 0 amide bonds. The molecular formula is C38H49ClFN9O. The first-order valence-corrected chi connectivity index (χ1v) is 17.9. The Balaban J connectivity index is 1.40. The number of rotatable bonds is 17. The Morgan fingerprint density at radius 3 is 2.60 bits per heavy atom. The maximum Gasteiger partial charge on any atom is 0.354 e. The third kappa shape index (κ3) is 9.26. The van der Waals surface area contributed by atoms with E-state index < -0.39 is 11.5 Å². The largest absolute Gasteiger partial charge is 0.388 e. The number of nitrogens with one attached hydrogen (secondary N) is 1. The van der Waals surface area contributed by atoms with E-state index in [4.69, 9.17) is 23.1 Å². The predicted octanol–water partition coefficient (Wildman–Crippen LogP) is 6.96. The number of nitrogens with two attached hydrogens (primary N) is 2. The lowest BCUT2D eigenvalue weighted by Gasteiger charge is -2.32. The summed E-state index contributed by atoms with van der Waals surface area (Å²) in [6.45, 7) is 11.2. The number of aromatic nitrogens is 5. The van der Waals surface area contributed by atoms with E-state index >= 15 is 4.39 Å². The van der Waals surface area contributed by atoms with Gasteiger partial charge in [0.25, 0.3) is 0 Å². The molecule has 0 bridgehead atoms. The highest BCUT2D eigenvalue weighted by Crippen LogP contribution is 2.32. The summed E-state index contributed by atoms with van der Waals surface area (Å²) >= 11 is 6.30. The Morgan fingerprint density at radius 1 is 1.14 bits per heavy atom. The number of fused-ring (bicyclic) bond motifs is 1. The molecule has 50 heavy (non-hydrogen) atoms. The molecule has 5 aromatic rings. The minimum atomic E-state index is -0.516. The number of H-pyrrole nitrogens is 1. The average molecular weight is 702 g/mol. The minimum absolute atomic E-state index is 0.0560. The fraction of sp³-hybridized carbons (Fsp3) is 0.421. The van der Waals surface area contributed by atoms with Crippen molar-refractivity contribution in [3.05, 3.63) is 99.3 Å². The van der Waals surface area contributed by atoms with Crippen molar-refractivity contribution in [1.82, 2.24) is 29.0 Å². The van der Waals surface area contributed by atoms with Crippen molar-refractivity contribution in [3.63, 3.8) is 0 Å². The molecule has 5 rings (SSSR count). The third-order valence-corrected chi connectivity index (χ3v) is 9.36. The topological polar surface area (TPSA) is 136 Å². The summed E-state index contributed by atoms with van der Waals surface area (Å²) in [5.74, 6) is 1.07. The standard InChI is InChI=1S/C38H49ClFN9O/c1-5-8-35(48(17-7-15-43-26(3)42)20-19-47-18-16-44-27(47)4)29-11-13-31(14-12-29)49-24-30-23-34(45-37(30)46-38(49)50)32-21-28(10-6-9-25(2)41)22-33(39)36(32)40/h11-14,16,18,21-25,35H,5-10,15,17,19-20,41H2,1-4H3,(H2,42,43)(H,45,46,50). The van der Waals surface area contributed by atoms with Crippen molar-refractivity contribution >= 4 is 28.5 Å². The van der Waals surface area contributed by atoms with Gasteiger partial charge < -0.3 is 21.0 Å². The molecular weight excluding hydrogens is 653 g/mol. The van der Waals surface area contributed by atoms with Crippen LogP contribution in [0, 0.1) is 12.7 Å². The van der Waals surface area contributed by atoms with Crippen LogP contribution >= 0.6 is 11.6 Å². The van der Waals surface area contributed by atoms with Gasteiger partial charge in [-0.1, -0.05) is 37.1 Å². The molecule has 0 saturated carbocycles. The lowest BCUT2D eigenvalue weighted by Crippen LogP contribution is -2.33. The molecule has 3 heterocycles. The van der Waals surface area contributed by atoms with Gasteiger partial charge in [-0.15, -0.1) is 0 Å². The molecule has 2 unspecified atom stereocenters. The second kappa shape index (κ2) is 17.1. The van der Waals surface area contributed by atoms with Crippen molar-refractivity contribution in [2.24, 2.45) is 16.5 Å². The van der Waals surface area contributed by atoms with Gasteiger partial charge in [0.1, 0.15) is 11.5 Å². The number of amidine groups is 1. The van der Waals surface area contributed by atoms with Crippen molar-refractivity contribution < 1.29 is 4.39 Å². The van der Waals surface area contributed by atoms with Crippen LogP contribution in [-0.4, -0.2) is 60.5 Å². The van der Waals surface area contributed by atoms with Gasteiger partial charge in [0.15, 0.2) is 5.82 Å². The van der Waals surface area contributed by atoms with E-state index in [9.17, 15) is 4.79 Å². The zero-order valence-electron chi connectivity index (χ0n) is 29.5. The average Bonchev–Trinajstić information content (AvgIpc) is 3.69. The van der Waals surface area contributed by atoms with E-state index in [0.717, 1.165) is 69.5 Å². The molecule has 5 N–H and O–H groups in total. The Morgan fingerprint density at radius 2 is 1.92 bits per heavy atom. The van der Waals surface area contributed by atoms with Crippen LogP contribution in [0.5, 0.6) is 0 Å². The Hall–Kier alpha value is -4.32. The highest BCUT2D eigenvalue weighted by atomic mass is 35.5. The lowest BCUT2D eigenvalue weighted by molar-refractivity contribution is 0.178. The van der Waals surface area contributed by atoms with E-state index in [2.05, 4.69) is 48.5 Å². The van der Waals surface area contributed by atoms with Crippen molar-refractivity contribution in [1.29, 1.82) is 0 Å². The fourth-order valence-electron chi connectivity index (χ4n) is 6.46. The number of imidazole rings is 1. The van der Waals surface area contributed by atoms with Crippen molar-refractivity contribution in [2.45, 2.75) is 84.8 Å². The Kier molecular flexibility index (Phi) is 12.6. The maximum atomic E-state index is 15.3. The number of hydrogen-bond acceptors (Lipinski definition) is 6. The second-order valence-electron chi connectivity index (χ2n) is 13.2. The zero-order chi connectivity index (χ0) is 35.8. The summed E-state index contributed by atoms with van der Waals surface area (Å²) in [6, 6.07) is 13.7. The summed E-state index contributed by atoms with van der Waals surface area (Å²) in [7, 11) is 0. The first-order valence-electron chi connectivity index (χ1n) is 17.5. The SMILES string of the molecule is CCCC(c1ccc(-n2cc3cc(-c4cc(CCCC(C)N)cc(Cl)c4F)[nH]c3nc2=O)cc1)N(CCCN=C(C)N)CCn1ccnc1C. The molecule has 0 aliphatic heterocycles. The molecule has 10 nitrogen and oxygen atoms in total. The molecule has 2 atom stereocenters. The van der Waals surface area contributed by atoms with Gasteiger partial charge in [-0.25, -0.2) is 14.2 Å². The molecule has 0 aliphatic carbocycles. The molecule has 0 aliphatic rings. The Bertz CT molecular complexity index is 1960. The van der Waals surface area contributed by atoms with Crippen LogP contribution in [0.2, 0.25) is 5.02 Å². The highest BCUT2D eigenvalue weighted by Gasteiger charge is 2.21. The smallest absolute Gasteiger partial charge is 0.354 e. The van der Waals surface area contributed by atoms with Gasteiger partial charge >= 0.3 is 5.69 Å². The number of aromatic amines is 1. The van der Waals surface area contributed by atoms with Gasteiger partial charge in [-0.2, -0.15) is 4.98 Å². The molecule has 0 radical (unpaired) electrons. The number of hydrogen-bond donors (Lipinski definition) is 3. The number of halogens is 2. The van der Waals surface area contributed by atoms with Crippen LogP contribution < -0.4 is 17.2 Å². The van der Waals surface area contributed by atoms with Gasteiger partial charge in [-0.05, 0) is 94.3 Å². The second-order valence-corrected chi connectivity index (χ2v) is 13.6. The first-order chi connectivity index (χ1) is 24.0. The van der Waals surface area contributed by atoms with Crippen molar-refractivity contribution in [3.8, 4) is 16.9 Å². The van der Waals surface area contributed by atoms with Crippen LogP contribution in [0.25, 0.3) is 28.0 Å². The van der Waals surface area contributed by atoms with E-state index in [1.54, 1.807) is 24.4 Å². The van der Waals surface area contributed by atoms with E-state index in [0.29, 0.717) is 40.4 Å². The van der Waals surface area contributed by atoms with Crippen LogP contribution in [0.3, 0.4) is 0 Å². The summed E-state index contributed by atoms with van der Waals surface area (Å²) in [4.78, 5) is 32.0. The molecule has 3 aromatic heterocycles. The third-order valence-electron chi connectivity index (χ3n) is 9.09. The van der Waals surface area contributed by atoms with Crippen LogP contribution in [0.15, 0.2) is 70.8 Å². The molecule has 0 spiro atoms. The first kappa shape index (κ1) is 36.9. The maximum absolute atomic E-state index is 15.3. The molecule has 0 fully saturated rings. The summed E-state index contributed by atoms with van der Waals surface area (Å²) < 4.78 is 19.0. The number of benzene rings is 2. The van der Waals surface area contributed by atoms with Gasteiger partial charge in [0.2, 0.25) is 0 Å². The quantitative estimate of drug-likeness (QED) is 0.0545. The minimum Gasteiger partial charge on any atom is -0.388 e. The molecule has 12 heteroatoms. The summed E-state index contributed by atoms with van der Waals surface area (Å²) in [5, 5.41) is 0.738. The summed E-state index contributed by atoms with van der Waals surface area (Å²) in [6.07, 6.45) is 11.0. The molecule has 0 saturated heterocycles. The van der Waals surface area contributed by atoms with Gasteiger partial charge in [0.05, 0.1) is 22.2 Å². The van der Waals surface area contributed by atoms with E-state index in [1.807, 2.05) is 45.3 Å². The number of nitrogens with zero attached hydrogens (tertiary/aromatic N) is 6. The van der Waals surface area contributed by atoms with Gasteiger partial charge in [-0.3, -0.25) is 14.5 Å². The lowest BCUT2D eigenvalue weighted by atomic mass is 9.99. The number of aryl methyl sites for hydroxylation is 2. The predicted molar refractivity (Wildman–Crippen MR) is 202 cm³/mol. The van der Waals surface area contributed by atoms with E-state index in [-0.39, 0.29) is 17.1 Å². The Labute approximate surface area is 298 Å². The number of aliphatic imine (C=N–C) groups is 1. The normalized spacial score (nSPS) is 13.4. The van der Waals surface area contributed by atoms with Crippen LogP contribution in [-0.2, 0) is 13.0 Å². The monoisotopic (exact) mass is 701 g/mol. The summed E-state index contributed by atoms with van der Waals surface area (Å²) in [5.41, 5.74) is 15.3. The van der Waals surface area contributed by atoms with Crippen LogP contribution in [0.1, 0.15) is 75.9 Å². The zero-order valence-corrected chi connectivity index (χ0v) is 30.3. The van der Waals surface area contributed by atoms with Crippen molar-refractivity contribution in [2.75, 3.05) is 19.6 Å². The molecule has 2 aromatic carbocycles. The molecule has 266 valence electrons. The van der Waals surface area contributed by atoms with Crippen LogP contribution in [0.4, 0.5) is 4.39 Å².